The van der Waals surface area contributed by atoms with Crippen LogP contribution in [0.15, 0.2) is 16.6 Å². The lowest BCUT2D eigenvalue weighted by molar-refractivity contribution is 0.278. The zero-order valence-corrected chi connectivity index (χ0v) is 12.5. The van der Waals surface area contributed by atoms with Crippen molar-refractivity contribution >= 4 is 15.9 Å². The predicted octanol–water partition coefficient (Wildman–Crippen LogP) is 3.31. The van der Waals surface area contributed by atoms with E-state index in [1.54, 1.807) is 7.11 Å². The molecule has 4 heteroatoms. The van der Waals surface area contributed by atoms with Crippen LogP contribution in [0.2, 0.25) is 0 Å². The zero-order valence-electron chi connectivity index (χ0n) is 10.9. The van der Waals surface area contributed by atoms with Gasteiger partial charge in [0.25, 0.3) is 0 Å². The van der Waals surface area contributed by atoms with E-state index in [2.05, 4.69) is 28.9 Å². The summed E-state index contributed by atoms with van der Waals surface area (Å²) < 4.78 is 12.2. The Labute approximate surface area is 117 Å². The van der Waals surface area contributed by atoms with Gasteiger partial charge >= 0.3 is 0 Å². The van der Waals surface area contributed by atoms with E-state index in [9.17, 15) is 0 Å². The number of rotatable bonds is 6. The number of benzene rings is 1. The first-order valence-corrected chi connectivity index (χ1v) is 7.15. The molecule has 1 aromatic carbocycles. The summed E-state index contributed by atoms with van der Waals surface area (Å²) in [5, 5.41) is 0. The summed E-state index contributed by atoms with van der Waals surface area (Å²) in [6.07, 6.45) is 2.56. The van der Waals surface area contributed by atoms with Crippen molar-refractivity contribution in [1.82, 2.24) is 0 Å². The molecule has 0 amide bonds. The average molecular weight is 314 g/mol. The zero-order chi connectivity index (χ0) is 13.1. The van der Waals surface area contributed by atoms with Crippen LogP contribution in [0, 0.1) is 5.92 Å². The van der Waals surface area contributed by atoms with Crippen LogP contribution in [0.1, 0.15) is 31.2 Å². The summed E-state index contributed by atoms with van der Waals surface area (Å²) in [4.78, 5) is 0. The number of halogens is 1. The number of hydrogen-bond donors (Lipinski definition) is 1. The van der Waals surface area contributed by atoms with Gasteiger partial charge in [0.05, 0.1) is 18.2 Å². The Bertz CT molecular complexity index is 419. The van der Waals surface area contributed by atoms with Crippen LogP contribution in [-0.4, -0.2) is 20.3 Å². The molecule has 1 unspecified atom stereocenters. The molecule has 1 aromatic rings. The lowest BCUT2D eigenvalue weighted by atomic mass is 10.0. The van der Waals surface area contributed by atoms with Crippen LogP contribution in [-0.2, 0) is 0 Å². The summed E-state index contributed by atoms with van der Waals surface area (Å²) in [6, 6.07) is 4.09. The van der Waals surface area contributed by atoms with Crippen LogP contribution < -0.4 is 15.2 Å². The molecule has 0 aromatic heterocycles. The minimum atomic E-state index is 0.313. The molecule has 0 aliphatic heterocycles. The Morgan fingerprint density at radius 1 is 1.44 bits per heavy atom. The topological polar surface area (TPSA) is 44.5 Å². The quantitative estimate of drug-likeness (QED) is 0.876. The van der Waals surface area contributed by atoms with Crippen molar-refractivity contribution in [3.8, 4) is 11.5 Å². The molecule has 1 aliphatic carbocycles. The maximum Gasteiger partial charge on any atom is 0.175 e. The fourth-order valence-corrected chi connectivity index (χ4v) is 2.36. The third-order valence-electron chi connectivity index (χ3n) is 3.33. The number of nitrogens with two attached hydrogens (primary N) is 1. The Morgan fingerprint density at radius 2 is 2.17 bits per heavy atom. The lowest BCUT2D eigenvalue weighted by Crippen LogP contribution is -2.09. The van der Waals surface area contributed by atoms with E-state index in [-0.39, 0.29) is 0 Å². The van der Waals surface area contributed by atoms with Gasteiger partial charge in [0, 0.05) is 0 Å². The standard InChI is InChI=1S/C14H20BrNO2/c1-9(7-16)11-5-12(15)14(13(6-11)17-2)18-8-10-3-4-10/h5-6,9-10H,3-4,7-8,16H2,1-2H3. The molecule has 1 fully saturated rings. The van der Waals surface area contributed by atoms with Crippen molar-refractivity contribution in [2.45, 2.75) is 25.7 Å². The molecule has 2 N–H and O–H groups in total. The Morgan fingerprint density at radius 3 is 2.72 bits per heavy atom. The first kappa shape index (κ1) is 13.7. The SMILES string of the molecule is COc1cc(C(C)CN)cc(Br)c1OCC1CC1. The van der Waals surface area contributed by atoms with E-state index < -0.39 is 0 Å². The van der Waals surface area contributed by atoms with E-state index in [1.807, 2.05) is 6.07 Å². The normalized spacial score (nSPS) is 16.4. The average Bonchev–Trinajstić information content (AvgIpc) is 3.19. The van der Waals surface area contributed by atoms with E-state index in [0.717, 1.165) is 28.5 Å². The highest BCUT2D eigenvalue weighted by molar-refractivity contribution is 9.10. The maximum atomic E-state index is 5.85. The molecule has 0 spiro atoms. The fourth-order valence-electron chi connectivity index (χ4n) is 1.79. The molecule has 0 radical (unpaired) electrons. The van der Waals surface area contributed by atoms with E-state index in [4.69, 9.17) is 15.2 Å². The molecule has 18 heavy (non-hydrogen) atoms. The van der Waals surface area contributed by atoms with Crippen molar-refractivity contribution in [3.63, 3.8) is 0 Å². The number of ether oxygens (including phenoxy) is 2. The highest BCUT2D eigenvalue weighted by atomic mass is 79.9. The second-order valence-corrected chi connectivity index (χ2v) is 5.78. The van der Waals surface area contributed by atoms with Gasteiger partial charge in [-0.1, -0.05) is 6.92 Å². The Balaban J connectivity index is 2.21. The van der Waals surface area contributed by atoms with Gasteiger partial charge in [-0.15, -0.1) is 0 Å². The molecular formula is C14H20BrNO2. The van der Waals surface area contributed by atoms with Crippen LogP contribution >= 0.6 is 15.9 Å². The third-order valence-corrected chi connectivity index (χ3v) is 3.92. The van der Waals surface area contributed by atoms with E-state index in [0.29, 0.717) is 12.5 Å². The summed E-state index contributed by atoms with van der Waals surface area (Å²) in [5.74, 6) is 2.62. The van der Waals surface area contributed by atoms with Crippen molar-refractivity contribution < 1.29 is 9.47 Å². The minimum absolute atomic E-state index is 0.313. The van der Waals surface area contributed by atoms with Crippen LogP contribution in [0.4, 0.5) is 0 Å². The maximum absolute atomic E-state index is 5.85. The molecule has 1 aliphatic rings. The largest absolute Gasteiger partial charge is 0.493 e. The number of hydrogen-bond acceptors (Lipinski definition) is 3. The molecule has 0 saturated heterocycles. The molecule has 0 heterocycles. The molecule has 3 nitrogen and oxygen atoms in total. The van der Waals surface area contributed by atoms with Gasteiger partial charge in [-0.3, -0.25) is 0 Å². The molecule has 2 rings (SSSR count). The van der Waals surface area contributed by atoms with Gasteiger partial charge < -0.3 is 15.2 Å². The minimum Gasteiger partial charge on any atom is -0.493 e. The first-order chi connectivity index (χ1) is 8.65. The van der Waals surface area contributed by atoms with Crippen molar-refractivity contribution in [2.75, 3.05) is 20.3 Å². The fraction of sp³-hybridized carbons (Fsp3) is 0.571. The molecular weight excluding hydrogens is 294 g/mol. The monoisotopic (exact) mass is 313 g/mol. The lowest BCUT2D eigenvalue weighted by Gasteiger charge is -2.16. The van der Waals surface area contributed by atoms with Gasteiger partial charge in [-0.05, 0) is 64.8 Å². The summed E-state index contributed by atoms with van der Waals surface area (Å²) >= 11 is 3.56. The molecule has 1 atom stereocenters. The first-order valence-electron chi connectivity index (χ1n) is 6.36. The van der Waals surface area contributed by atoms with Gasteiger partial charge in [-0.2, -0.15) is 0 Å². The summed E-state index contributed by atoms with van der Waals surface area (Å²) in [5.41, 5.74) is 6.87. The van der Waals surface area contributed by atoms with Gasteiger partial charge in [0.1, 0.15) is 0 Å². The van der Waals surface area contributed by atoms with Crippen LogP contribution in [0.25, 0.3) is 0 Å². The Kier molecular flexibility index (Phi) is 4.51. The highest BCUT2D eigenvalue weighted by Crippen LogP contribution is 2.40. The Hall–Kier alpha value is -0.740. The smallest absolute Gasteiger partial charge is 0.175 e. The highest BCUT2D eigenvalue weighted by Gasteiger charge is 2.23. The third kappa shape index (κ3) is 3.18. The predicted molar refractivity (Wildman–Crippen MR) is 76.4 cm³/mol. The molecule has 0 bridgehead atoms. The summed E-state index contributed by atoms with van der Waals surface area (Å²) in [7, 11) is 1.67. The number of methoxy groups -OCH3 is 1. The second-order valence-electron chi connectivity index (χ2n) is 4.93. The van der Waals surface area contributed by atoms with Crippen LogP contribution in [0.3, 0.4) is 0 Å². The van der Waals surface area contributed by atoms with Crippen molar-refractivity contribution in [2.24, 2.45) is 11.7 Å². The van der Waals surface area contributed by atoms with Gasteiger partial charge in [0.2, 0.25) is 0 Å². The van der Waals surface area contributed by atoms with E-state index >= 15 is 0 Å². The van der Waals surface area contributed by atoms with Gasteiger partial charge in [-0.25, -0.2) is 0 Å². The molecule has 100 valence electrons. The van der Waals surface area contributed by atoms with Crippen molar-refractivity contribution in [3.05, 3.63) is 22.2 Å². The second kappa shape index (κ2) is 5.93. The summed E-state index contributed by atoms with van der Waals surface area (Å²) in [6.45, 7) is 3.50. The van der Waals surface area contributed by atoms with Crippen LogP contribution in [0.5, 0.6) is 11.5 Å². The van der Waals surface area contributed by atoms with E-state index in [1.165, 1.54) is 18.4 Å². The molecule has 1 saturated carbocycles. The van der Waals surface area contributed by atoms with Gasteiger partial charge in [0.15, 0.2) is 11.5 Å². The van der Waals surface area contributed by atoms with Crippen molar-refractivity contribution in [1.29, 1.82) is 0 Å².